The lowest BCUT2D eigenvalue weighted by Gasteiger charge is -2.21. The molecule has 0 amide bonds. The third kappa shape index (κ3) is 3.49. The molecule has 0 aliphatic carbocycles. The molecule has 0 spiro atoms. The summed E-state index contributed by atoms with van der Waals surface area (Å²) in [5.74, 6) is 0. The molecule has 0 saturated carbocycles. The van der Waals surface area contributed by atoms with Crippen molar-refractivity contribution in [2.45, 2.75) is 19.4 Å². The van der Waals surface area contributed by atoms with Crippen LogP contribution in [-0.2, 0) is 4.74 Å². The van der Waals surface area contributed by atoms with Crippen molar-refractivity contribution in [1.82, 2.24) is 4.90 Å². The van der Waals surface area contributed by atoms with Gasteiger partial charge in [-0.15, -0.1) is 0 Å². The maximum atomic E-state index is 5.01. The number of hydrogen-bond donors (Lipinski definition) is 0. The van der Waals surface area contributed by atoms with Crippen LogP contribution in [-0.4, -0.2) is 38.8 Å². The Hall–Kier alpha value is -0.0800. The van der Waals surface area contributed by atoms with Crippen LogP contribution in [0.1, 0.15) is 13.3 Å². The molecule has 1 atom stereocenters. The van der Waals surface area contributed by atoms with Gasteiger partial charge >= 0.3 is 0 Å². The minimum Gasteiger partial charge on any atom is -0.383 e. The Balaban J connectivity index is 3.41. The zero-order valence-electron chi connectivity index (χ0n) is 6.85. The second-order valence-electron chi connectivity index (χ2n) is 2.48. The van der Waals surface area contributed by atoms with Crippen LogP contribution in [0.4, 0.5) is 0 Å². The fourth-order valence-electron chi connectivity index (χ4n) is 0.824. The van der Waals surface area contributed by atoms with E-state index in [-0.39, 0.29) is 0 Å². The van der Waals surface area contributed by atoms with E-state index in [0.717, 1.165) is 13.0 Å². The average molecular weight is 131 g/mol. The second kappa shape index (κ2) is 4.77. The summed E-state index contributed by atoms with van der Waals surface area (Å²) >= 11 is 0. The quantitative estimate of drug-likeness (QED) is 0.563. The predicted octanol–water partition coefficient (Wildman–Crippen LogP) is 0.973. The smallest absolute Gasteiger partial charge is 0.0617 e. The molecule has 0 aliphatic heterocycles. The molecule has 0 rings (SSSR count). The van der Waals surface area contributed by atoms with E-state index in [2.05, 4.69) is 25.9 Å². The molecule has 0 N–H and O–H groups in total. The van der Waals surface area contributed by atoms with E-state index in [0.29, 0.717) is 6.04 Å². The fraction of sp³-hybridized carbons (Fsp3) is 1.00. The van der Waals surface area contributed by atoms with Gasteiger partial charge in [-0.2, -0.15) is 0 Å². The number of nitrogens with zero attached hydrogens (tertiary/aromatic N) is 1. The van der Waals surface area contributed by atoms with Crippen LogP contribution >= 0.6 is 0 Å². The van der Waals surface area contributed by atoms with Crippen molar-refractivity contribution in [2.75, 3.05) is 27.8 Å². The summed E-state index contributed by atoms with van der Waals surface area (Å²) in [6, 6.07) is 0.579. The molecule has 2 nitrogen and oxygen atoms in total. The molecule has 0 aromatic rings. The highest BCUT2D eigenvalue weighted by Crippen LogP contribution is 1.97. The first-order valence-corrected chi connectivity index (χ1v) is 3.37. The minimum absolute atomic E-state index is 0.579. The zero-order valence-corrected chi connectivity index (χ0v) is 6.85. The van der Waals surface area contributed by atoms with Gasteiger partial charge in [-0.1, -0.05) is 6.92 Å². The third-order valence-corrected chi connectivity index (χ3v) is 1.56. The zero-order chi connectivity index (χ0) is 7.28. The molecule has 0 aliphatic rings. The van der Waals surface area contributed by atoms with Crippen molar-refractivity contribution in [1.29, 1.82) is 0 Å². The van der Waals surface area contributed by atoms with Crippen molar-refractivity contribution in [3.63, 3.8) is 0 Å². The standard InChI is InChI=1S/C7H17NO/c1-5-7(6-9-4)8(2)3/h7H,5-6H2,1-4H3/t7-/m0/s1. The highest BCUT2D eigenvalue weighted by molar-refractivity contribution is 4.61. The fourth-order valence-corrected chi connectivity index (χ4v) is 0.824. The van der Waals surface area contributed by atoms with E-state index in [1.165, 1.54) is 0 Å². The van der Waals surface area contributed by atoms with E-state index in [1.807, 2.05) is 0 Å². The molecule has 2 heteroatoms. The first-order valence-electron chi connectivity index (χ1n) is 3.37. The molecule has 0 aromatic heterocycles. The van der Waals surface area contributed by atoms with E-state index in [4.69, 9.17) is 4.74 Å². The van der Waals surface area contributed by atoms with Crippen molar-refractivity contribution in [3.8, 4) is 0 Å². The predicted molar refractivity (Wildman–Crippen MR) is 39.6 cm³/mol. The van der Waals surface area contributed by atoms with Gasteiger partial charge in [0.25, 0.3) is 0 Å². The van der Waals surface area contributed by atoms with Crippen LogP contribution in [0, 0.1) is 0 Å². The molecule has 0 heterocycles. The summed E-state index contributed by atoms with van der Waals surface area (Å²) in [5, 5.41) is 0. The maximum Gasteiger partial charge on any atom is 0.0617 e. The highest BCUT2D eigenvalue weighted by Gasteiger charge is 2.06. The van der Waals surface area contributed by atoms with Crippen LogP contribution in [0.2, 0.25) is 0 Å². The van der Waals surface area contributed by atoms with Gasteiger partial charge in [-0.25, -0.2) is 0 Å². The summed E-state index contributed by atoms with van der Waals surface area (Å²) in [5.41, 5.74) is 0. The van der Waals surface area contributed by atoms with Gasteiger partial charge in [0, 0.05) is 13.2 Å². The van der Waals surface area contributed by atoms with Crippen molar-refractivity contribution >= 4 is 0 Å². The lowest BCUT2D eigenvalue weighted by molar-refractivity contribution is 0.118. The SMILES string of the molecule is CC[C@@H](COC)N(C)C. The van der Waals surface area contributed by atoms with Gasteiger partial charge < -0.3 is 9.64 Å². The van der Waals surface area contributed by atoms with Crippen LogP contribution < -0.4 is 0 Å². The third-order valence-electron chi connectivity index (χ3n) is 1.56. The van der Waals surface area contributed by atoms with Gasteiger partial charge in [-0.3, -0.25) is 0 Å². The first-order chi connectivity index (χ1) is 4.22. The van der Waals surface area contributed by atoms with Crippen molar-refractivity contribution < 1.29 is 4.74 Å². The van der Waals surface area contributed by atoms with Crippen molar-refractivity contribution in [3.05, 3.63) is 0 Å². The number of hydrogen-bond acceptors (Lipinski definition) is 2. The molecule has 0 unspecified atom stereocenters. The van der Waals surface area contributed by atoms with Gasteiger partial charge in [0.05, 0.1) is 6.61 Å². The summed E-state index contributed by atoms with van der Waals surface area (Å²) in [6.07, 6.45) is 1.15. The summed E-state index contributed by atoms with van der Waals surface area (Å²) < 4.78 is 5.01. The van der Waals surface area contributed by atoms with Crippen LogP contribution in [0.5, 0.6) is 0 Å². The second-order valence-corrected chi connectivity index (χ2v) is 2.48. The molecule has 0 aromatic carbocycles. The lowest BCUT2D eigenvalue weighted by atomic mass is 10.2. The molecule has 0 saturated heterocycles. The van der Waals surface area contributed by atoms with Gasteiger partial charge in [0.2, 0.25) is 0 Å². The van der Waals surface area contributed by atoms with Gasteiger partial charge in [-0.05, 0) is 20.5 Å². The minimum atomic E-state index is 0.579. The van der Waals surface area contributed by atoms with Crippen LogP contribution in [0.3, 0.4) is 0 Å². The molecule has 56 valence electrons. The number of likely N-dealkylation sites (N-methyl/N-ethyl adjacent to an activating group) is 1. The van der Waals surface area contributed by atoms with Gasteiger partial charge in [0.15, 0.2) is 0 Å². The summed E-state index contributed by atoms with van der Waals surface area (Å²) in [7, 11) is 5.90. The number of rotatable bonds is 4. The normalized spacial score (nSPS) is 14.3. The average Bonchev–Trinajstić information content (AvgIpc) is 1.82. The first kappa shape index (κ1) is 8.92. The summed E-state index contributed by atoms with van der Waals surface area (Å²) in [6.45, 7) is 3.01. The molecule has 9 heavy (non-hydrogen) atoms. The van der Waals surface area contributed by atoms with Crippen LogP contribution in [0.25, 0.3) is 0 Å². The molecule has 0 radical (unpaired) electrons. The van der Waals surface area contributed by atoms with E-state index in [9.17, 15) is 0 Å². The number of ether oxygens (including phenoxy) is 1. The Bertz CT molecular complexity index is 63.9. The molecular weight excluding hydrogens is 114 g/mol. The lowest BCUT2D eigenvalue weighted by Crippen LogP contribution is -2.31. The van der Waals surface area contributed by atoms with E-state index < -0.39 is 0 Å². The molecule has 0 fully saturated rings. The van der Waals surface area contributed by atoms with Crippen LogP contribution in [0.15, 0.2) is 0 Å². The Kier molecular flexibility index (Phi) is 4.72. The largest absolute Gasteiger partial charge is 0.383 e. The van der Waals surface area contributed by atoms with E-state index >= 15 is 0 Å². The monoisotopic (exact) mass is 131 g/mol. The highest BCUT2D eigenvalue weighted by atomic mass is 16.5. The maximum absolute atomic E-state index is 5.01. The van der Waals surface area contributed by atoms with Gasteiger partial charge in [0.1, 0.15) is 0 Å². The summed E-state index contributed by atoms with van der Waals surface area (Å²) in [4.78, 5) is 2.18. The Morgan fingerprint density at radius 3 is 2.11 bits per heavy atom. The Morgan fingerprint density at radius 1 is 1.44 bits per heavy atom. The molecular formula is C7H17NO. The molecule has 0 bridgehead atoms. The Morgan fingerprint density at radius 2 is 2.00 bits per heavy atom. The van der Waals surface area contributed by atoms with E-state index in [1.54, 1.807) is 7.11 Å². The Labute approximate surface area is 57.8 Å². The topological polar surface area (TPSA) is 12.5 Å². The number of methoxy groups -OCH3 is 1. The van der Waals surface area contributed by atoms with Crippen molar-refractivity contribution in [2.24, 2.45) is 0 Å².